The molecule has 0 bridgehead atoms. The number of rotatable bonds is 7. The zero-order valence-electron chi connectivity index (χ0n) is 27.6. The first-order valence-corrected chi connectivity index (χ1v) is 16.9. The highest BCUT2D eigenvalue weighted by Gasteiger charge is 2.49. The number of piperidine rings is 1. The standard InChI is InChI=1S/C31H38ClFN4O3.C6H4ClF/c1-5-40-30(39)19-13-15-37(16-14-19)21-11-9-20(10-12-21)35-29(38)28-26(22-7-6-8-24(32)27(22)33)23(18-34)25(36-28)17-31(2,3)4;7-5-2-1-3-6(8)4-5/h6-12,19,23,25-26,28,36H,5,13-17H2,1-4H3,(H,35,38);1-4H/t23-,25?,26?,28-;/m1./s1. The Bertz CT molecular complexity index is 1580. The largest absolute Gasteiger partial charge is 0.466 e. The van der Waals surface area contributed by atoms with Gasteiger partial charge in [-0.25, -0.2) is 8.78 Å². The molecule has 2 saturated heterocycles. The summed E-state index contributed by atoms with van der Waals surface area (Å²) < 4.78 is 32.4. The predicted molar refractivity (Wildman–Crippen MR) is 186 cm³/mol. The van der Waals surface area contributed by atoms with Gasteiger partial charge in [-0.15, -0.1) is 0 Å². The van der Waals surface area contributed by atoms with E-state index in [2.05, 4.69) is 42.4 Å². The Balaban J connectivity index is 0.000000569. The van der Waals surface area contributed by atoms with Crippen LogP contribution in [0.15, 0.2) is 66.7 Å². The van der Waals surface area contributed by atoms with Crippen LogP contribution in [0, 0.1) is 40.2 Å². The van der Waals surface area contributed by atoms with Crippen LogP contribution in [0.3, 0.4) is 0 Å². The van der Waals surface area contributed by atoms with E-state index in [1.54, 1.807) is 24.3 Å². The Kier molecular flexibility index (Phi) is 12.8. The average molecular weight is 700 g/mol. The molecule has 2 fully saturated rings. The quantitative estimate of drug-likeness (QED) is 0.241. The van der Waals surface area contributed by atoms with Crippen LogP contribution in [0.1, 0.15) is 58.4 Å². The molecule has 2 heterocycles. The van der Waals surface area contributed by atoms with Crippen molar-refractivity contribution in [1.82, 2.24) is 5.32 Å². The van der Waals surface area contributed by atoms with E-state index in [0.717, 1.165) is 31.6 Å². The molecule has 11 heteroatoms. The van der Waals surface area contributed by atoms with Crippen LogP contribution in [0.4, 0.5) is 20.2 Å². The number of nitriles is 1. The molecule has 3 aromatic carbocycles. The van der Waals surface area contributed by atoms with E-state index in [1.165, 1.54) is 18.2 Å². The summed E-state index contributed by atoms with van der Waals surface area (Å²) in [5, 5.41) is 16.9. The Morgan fingerprint density at radius 2 is 1.71 bits per heavy atom. The molecule has 0 radical (unpaired) electrons. The van der Waals surface area contributed by atoms with Gasteiger partial charge in [0, 0.05) is 41.4 Å². The molecular weight excluding hydrogens is 657 g/mol. The van der Waals surface area contributed by atoms with Crippen molar-refractivity contribution in [2.45, 2.75) is 65.0 Å². The van der Waals surface area contributed by atoms with Crippen LogP contribution in [0.5, 0.6) is 0 Å². The SMILES string of the molecule is CCOC(=O)C1CCN(c2ccc(NC(=O)[C@@H]3NC(CC(C)(C)C)[C@@H](C#N)C3c3cccc(Cl)c3F)cc2)CC1.Fc1cccc(Cl)c1. The van der Waals surface area contributed by atoms with Crippen LogP contribution in [-0.2, 0) is 14.3 Å². The lowest BCUT2D eigenvalue weighted by Crippen LogP contribution is -2.42. The van der Waals surface area contributed by atoms with Crippen LogP contribution in [-0.4, -0.2) is 43.7 Å². The molecule has 2 aliphatic heterocycles. The maximum atomic E-state index is 15.2. The van der Waals surface area contributed by atoms with Gasteiger partial charge in [-0.2, -0.15) is 5.26 Å². The van der Waals surface area contributed by atoms with E-state index in [1.807, 2.05) is 31.2 Å². The molecule has 256 valence electrons. The zero-order chi connectivity index (χ0) is 35.0. The van der Waals surface area contributed by atoms with Gasteiger partial charge in [0.25, 0.3) is 0 Å². The first kappa shape index (κ1) is 37.1. The minimum Gasteiger partial charge on any atom is -0.466 e. The molecule has 7 nitrogen and oxygen atoms in total. The van der Waals surface area contributed by atoms with E-state index in [0.29, 0.717) is 23.7 Å². The molecule has 0 spiro atoms. The Morgan fingerprint density at radius 1 is 1.04 bits per heavy atom. The molecule has 0 aliphatic carbocycles. The van der Waals surface area contributed by atoms with Gasteiger partial charge in [0.1, 0.15) is 11.6 Å². The molecule has 5 rings (SSSR count). The smallest absolute Gasteiger partial charge is 0.309 e. The molecule has 0 saturated carbocycles. The number of nitrogens with one attached hydrogen (secondary N) is 2. The number of benzene rings is 3. The highest BCUT2D eigenvalue weighted by atomic mass is 35.5. The van der Waals surface area contributed by atoms with Gasteiger partial charge < -0.3 is 20.3 Å². The van der Waals surface area contributed by atoms with Crippen molar-refractivity contribution in [2.24, 2.45) is 17.3 Å². The van der Waals surface area contributed by atoms with Crippen molar-refractivity contribution in [1.29, 1.82) is 5.26 Å². The van der Waals surface area contributed by atoms with Crippen LogP contribution in [0.25, 0.3) is 0 Å². The zero-order valence-corrected chi connectivity index (χ0v) is 29.1. The number of ether oxygens (including phenoxy) is 1. The number of carbonyl (C=O) groups is 2. The molecule has 1 amide bonds. The summed E-state index contributed by atoms with van der Waals surface area (Å²) >= 11 is 11.5. The van der Waals surface area contributed by atoms with Crippen molar-refractivity contribution in [3.05, 3.63) is 94.0 Å². The minimum atomic E-state index is -0.813. The van der Waals surface area contributed by atoms with Crippen molar-refractivity contribution in [2.75, 3.05) is 29.9 Å². The molecule has 2 aliphatic rings. The molecule has 48 heavy (non-hydrogen) atoms. The first-order chi connectivity index (χ1) is 22.8. The number of hydrogen-bond acceptors (Lipinski definition) is 6. The second-order valence-electron chi connectivity index (χ2n) is 13.3. The minimum absolute atomic E-state index is 0.0329. The van der Waals surface area contributed by atoms with Crippen LogP contribution in [0.2, 0.25) is 10.0 Å². The Hall–Kier alpha value is -3.71. The summed E-state index contributed by atoms with van der Waals surface area (Å²) in [4.78, 5) is 27.9. The predicted octanol–water partition coefficient (Wildman–Crippen LogP) is 8.38. The summed E-state index contributed by atoms with van der Waals surface area (Å²) in [6, 6.07) is 19.3. The molecule has 2 N–H and O–H groups in total. The van der Waals surface area contributed by atoms with E-state index in [4.69, 9.17) is 27.9 Å². The van der Waals surface area contributed by atoms with Gasteiger partial charge in [0.05, 0.1) is 35.6 Å². The second kappa shape index (κ2) is 16.6. The van der Waals surface area contributed by atoms with Gasteiger partial charge in [0.2, 0.25) is 5.91 Å². The molecule has 0 aromatic heterocycles. The number of nitrogens with zero attached hydrogens (tertiary/aromatic N) is 2. The average Bonchev–Trinajstić information content (AvgIpc) is 3.39. The summed E-state index contributed by atoms with van der Waals surface area (Å²) in [5.74, 6) is -2.72. The Morgan fingerprint density at radius 3 is 2.27 bits per heavy atom. The maximum absolute atomic E-state index is 15.2. The molecule has 3 aromatic rings. The molecule has 2 unspecified atom stereocenters. The second-order valence-corrected chi connectivity index (χ2v) is 14.2. The van der Waals surface area contributed by atoms with Crippen molar-refractivity contribution in [3.63, 3.8) is 0 Å². The third-order valence-corrected chi connectivity index (χ3v) is 9.11. The molecule has 4 atom stereocenters. The number of hydrogen-bond donors (Lipinski definition) is 2. The lowest BCUT2D eigenvalue weighted by Gasteiger charge is -2.32. The highest BCUT2D eigenvalue weighted by Crippen LogP contribution is 2.42. The van der Waals surface area contributed by atoms with Gasteiger partial charge in [-0.1, -0.05) is 62.2 Å². The lowest BCUT2D eigenvalue weighted by atomic mass is 9.77. The van der Waals surface area contributed by atoms with E-state index < -0.39 is 23.7 Å². The Labute approximate surface area is 291 Å². The first-order valence-electron chi connectivity index (χ1n) is 16.1. The fraction of sp³-hybridized carbons (Fsp3) is 0.432. The van der Waals surface area contributed by atoms with Crippen molar-refractivity contribution >= 4 is 46.5 Å². The normalized spacial score (nSPS) is 21.1. The number of carbonyl (C=O) groups excluding carboxylic acids is 2. The number of anilines is 2. The van der Waals surface area contributed by atoms with E-state index in [-0.39, 0.29) is 45.7 Å². The van der Waals surface area contributed by atoms with Crippen LogP contribution < -0.4 is 15.5 Å². The monoisotopic (exact) mass is 698 g/mol. The summed E-state index contributed by atoms with van der Waals surface area (Å²) in [6.07, 6.45) is 2.12. The summed E-state index contributed by atoms with van der Waals surface area (Å²) in [7, 11) is 0. The lowest BCUT2D eigenvalue weighted by molar-refractivity contribution is -0.148. The summed E-state index contributed by atoms with van der Waals surface area (Å²) in [6.45, 7) is 9.94. The topological polar surface area (TPSA) is 94.5 Å². The van der Waals surface area contributed by atoms with Gasteiger partial charge in [0.15, 0.2) is 0 Å². The third-order valence-electron chi connectivity index (χ3n) is 8.58. The van der Waals surface area contributed by atoms with Gasteiger partial charge in [-0.3, -0.25) is 9.59 Å². The van der Waals surface area contributed by atoms with Crippen LogP contribution >= 0.6 is 23.2 Å². The summed E-state index contributed by atoms with van der Waals surface area (Å²) in [5.41, 5.74) is 1.78. The van der Waals surface area contributed by atoms with Gasteiger partial charge >= 0.3 is 5.97 Å². The van der Waals surface area contributed by atoms with E-state index >= 15 is 4.39 Å². The van der Waals surface area contributed by atoms with E-state index in [9.17, 15) is 19.2 Å². The number of esters is 1. The van der Waals surface area contributed by atoms with Crippen molar-refractivity contribution < 1.29 is 23.1 Å². The third kappa shape index (κ3) is 9.68. The maximum Gasteiger partial charge on any atom is 0.309 e. The molecular formula is C37H42Cl2F2N4O3. The number of halogens is 4. The fourth-order valence-corrected chi connectivity index (χ4v) is 6.73. The fourth-order valence-electron chi connectivity index (χ4n) is 6.37. The van der Waals surface area contributed by atoms with Crippen molar-refractivity contribution in [3.8, 4) is 6.07 Å². The number of amides is 1. The van der Waals surface area contributed by atoms with Gasteiger partial charge in [-0.05, 0) is 85.7 Å². The highest BCUT2D eigenvalue weighted by molar-refractivity contribution is 6.31.